The summed E-state index contributed by atoms with van der Waals surface area (Å²) in [6.07, 6.45) is 4.72. The zero-order chi connectivity index (χ0) is 13.0. The molecule has 1 aliphatic carbocycles. The van der Waals surface area contributed by atoms with Crippen molar-refractivity contribution in [2.75, 3.05) is 6.61 Å². The molecule has 0 amide bonds. The van der Waals surface area contributed by atoms with E-state index in [1.54, 1.807) is 0 Å². The normalized spacial score (nSPS) is 24.7. The predicted molar refractivity (Wildman–Crippen MR) is 67.9 cm³/mol. The fraction of sp³-hybridized carbons (Fsp3) is 0.917. The highest BCUT2D eigenvalue weighted by atomic mass is 16.3. The van der Waals surface area contributed by atoms with Gasteiger partial charge in [-0.2, -0.15) is 0 Å². The summed E-state index contributed by atoms with van der Waals surface area (Å²) < 4.78 is 1.84. The van der Waals surface area contributed by atoms with Crippen LogP contribution in [0.1, 0.15) is 51.4 Å². The van der Waals surface area contributed by atoms with E-state index in [0.717, 1.165) is 18.7 Å². The molecule has 2 N–H and O–H groups in total. The van der Waals surface area contributed by atoms with E-state index in [2.05, 4.69) is 34.7 Å². The molecule has 1 aromatic heterocycles. The summed E-state index contributed by atoms with van der Waals surface area (Å²) in [5.41, 5.74) is 0. The third-order valence-corrected chi connectivity index (χ3v) is 3.72. The molecule has 1 aromatic rings. The van der Waals surface area contributed by atoms with Gasteiger partial charge >= 0.3 is 0 Å². The molecule has 102 valence electrons. The van der Waals surface area contributed by atoms with Crippen LogP contribution < -0.4 is 5.32 Å². The molecule has 0 bridgehead atoms. The SMILES string of the molecule is CC(C)n1nnnc1CNC1CCCCC1CO. The van der Waals surface area contributed by atoms with Crippen molar-refractivity contribution in [2.24, 2.45) is 5.92 Å². The van der Waals surface area contributed by atoms with Crippen LogP contribution in [0.2, 0.25) is 0 Å². The van der Waals surface area contributed by atoms with Gasteiger partial charge in [0.1, 0.15) is 0 Å². The van der Waals surface area contributed by atoms with E-state index < -0.39 is 0 Å². The highest BCUT2D eigenvalue weighted by Crippen LogP contribution is 2.24. The average Bonchev–Trinajstić information content (AvgIpc) is 2.85. The molecule has 0 radical (unpaired) electrons. The largest absolute Gasteiger partial charge is 0.396 e. The van der Waals surface area contributed by atoms with E-state index >= 15 is 0 Å². The van der Waals surface area contributed by atoms with E-state index in [0.29, 0.717) is 18.5 Å². The summed E-state index contributed by atoms with van der Waals surface area (Å²) in [6, 6.07) is 0.665. The second-order valence-corrected chi connectivity index (χ2v) is 5.35. The first-order valence-electron chi connectivity index (χ1n) is 6.83. The number of aliphatic hydroxyl groups excluding tert-OH is 1. The van der Waals surface area contributed by atoms with Crippen molar-refractivity contribution in [1.29, 1.82) is 0 Å². The Hall–Kier alpha value is -1.01. The van der Waals surface area contributed by atoms with Gasteiger partial charge in [-0.3, -0.25) is 0 Å². The summed E-state index contributed by atoms with van der Waals surface area (Å²) in [5, 5.41) is 24.6. The molecule has 0 aliphatic heterocycles. The van der Waals surface area contributed by atoms with Crippen molar-refractivity contribution in [3.05, 3.63) is 5.82 Å². The van der Waals surface area contributed by atoms with Crippen molar-refractivity contribution in [3.63, 3.8) is 0 Å². The zero-order valence-electron chi connectivity index (χ0n) is 11.2. The van der Waals surface area contributed by atoms with Gasteiger partial charge in [-0.1, -0.05) is 12.8 Å². The van der Waals surface area contributed by atoms with Crippen LogP contribution in [-0.4, -0.2) is 38.0 Å². The smallest absolute Gasteiger partial charge is 0.165 e. The summed E-state index contributed by atoms with van der Waals surface area (Å²) >= 11 is 0. The molecule has 0 spiro atoms. The van der Waals surface area contributed by atoms with Gasteiger partial charge in [-0.15, -0.1) is 5.10 Å². The highest BCUT2D eigenvalue weighted by Gasteiger charge is 2.24. The Balaban J connectivity index is 1.91. The number of hydrogen-bond donors (Lipinski definition) is 2. The maximum atomic E-state index is 9.38. The fourth-order valence-corrected chi connectivity index (χ4v) is 2.65. The van der Waals surface area contributed by atoms with Crippen LogP contribution >= 0.6 is 0 Å². The lowest BCUT2D eigenvalue weighted by molar-refractivity contribution is 0.151. The van der Waals surface area contributed by atoms with Crippen LogP contribution in [-0.2, 0) is 6.54 Å². The first kappa shape index (κ1) is 13.4. The number of aliphatic hydroxyl groups is 1. The first-order valence-corrected chi connectivity index (χ1v) is 6.83. The van der Waals surface area contributed by atoms with Crippen LogP contribution in [0, 0.1) is 5.92 Å². The Bertz CT molecular complexity index is 365. The minimum atomic E-state index is 0.271. The predicted octanol–water partition coefficient (Wildman–Crippen LogP) is 0.895. The van der Waals surface area contributed by atoms with E-state index in [-0.39, 0.29) is 12.6 Å². The Morgan fingerprint density at radius 3 is 2.89 bits per heavy atom. The highest BCUT2D eigenvalue weighted by molar-refractivity contribution is 4.86. The molecule has 18 heavy (non-hydrogen) atoms. The third kappa shape index (κ3) is 3.05. The lowest BCUT2D eigenvalue weighted by Crippen LogP contribution is -2.40. The van der Waals surface area contributed by atoms with Gasteiger partial charge in [0.05, 0.1) is 12.6 Å². The monoisotopic (exact) mass is 253 g/mol. The van der Waals surface area contributed by atoms with E-state index in [4.69, 9.17) is 0 Å². The van der Waals surface area contributed by atoms with Crippen molar-refractivity contribution in [1.82, 2.24) is 25.5 Å². The molecule has 0 saturated heterocycles. The minimum absolute atomic E-state index is 0.271. The summed E-state index contributed by atoms with van der Waals surface area (Å²) in [5.74, 6) is 1.24. The Labute approximate surface area is 108 Å². The molecule has 6 heteroatoms. The topological polar surface area (TPSA) is 75.9 Å². The van der Waals surface area contributed by atoms with Gasteiger partial charge in [0.15, 0.2) is 5.82 Å². The van der Waals surface area contributed by atoms with Crippen LogP contribution in [0.4, 0.5) is 0 Å². The van der Waals surface area contributed by atoms with Crippen molar-refractivity contribution in [2.45, 2.75) is 58.2 Å². The molecular weight excluding hydrogens is 230 g/mol. The number of nitrogens with one attached hydrogen (secondary N) is 1. The fourth-order valence-electron chi connectivity index (χ4n) is 2.65. The number of aromatic nitrogens is 4. The standard InChI is InChI=1S/C12H23N5O/c1-9(2)17-12(14-15-16-17)7-13-11-6-4-3-5-10(11)8-18/h9-11,13,18H,3-8H2,1-2H3. The number of tetrazole rings is 1. The quantitative estimate of drug-likeness (QED) is 0.815. The molecule has 1 heterocycles. The molecule has 1 fully saturated rings. The summed E-state index contributed by atoms with van der Waals surface area (Å²) in [4.78, 5) is 0. The minimum Gasteiger partial charge on any atom is -0.396 e. The Morgan fingerprint density at radius 2 is 2.17 bits per heavy atom. The van der Waals surface area contributed by atoms with Gasteiger partial charge in [0.2, 0.25) is 0 Å². The molecule has 2 unspecified atom stereocenters. The molecule has 2 rings (SSSR count). The van der Waals surface area contributed by atoms with Crippen molar-refractivity contribution in [3.8, 4) is 0 Å². The van der Waals surface area contributed by atoms with Crippen LogP contribution in [0.25, 0.3) is 0 Å². The summed E-state index contributed by atoms with van der Waals surface area (Å²) in [6.45, 7) is 5.08. The molecule has 2 atom stereocenters. The molecule has 6 nitrogen and oxygen atoms in total. The van der Waals surface area contributed by atoms with Crippen LogP contribution in [0.15, 0.2) is 0 Å². The maximum Gasteiger partial charge on any atom is 0.165 e. The average molecular weight is 253 g/mol. The number of rotatable bonds is 5. The van der Waals surface area contributed by atoms with E-state index in [9.17, 15) is 5.11 Å². The van der Waals surface area contributed by atoms with Crippen molar-refractivity contribution >= 4 is 0 Å². The summed E-state index contributed by atoms with van der Waals surface area (Å²) in [7, 11) is 0. The van der Waals surface area contributed by atoms with Gasteiger partial charge in [-0.05, 0) is 43.0 Å². The number of hydrogen-bond acceptors (Lipinski definition) is 5. The lowest BCUT2D eigenvalue weighted by atomic mass is 9.85. The third-order valence-electron chi connectivity index (χ3n) is 3.72. The van der Waals surface area contributed by atoms with Crippen LogP contribution in [0.5, 0.6) is 0 Å². The second-order valence-electron chi connectivity index (χ2n) is 5.35. The van der Waals surface area contributed by atoms with Gasteiger partial charge in [0.25, 0.3) is 0 Å². The zero-order valence-corrected chi connectivity index (χ0v) is 11.2. The van der Waals surface area contributed by atoms with Crippen LogP contribution in [0.3, 0.4) is 0 Å². The molecular formula is C12H23N5O. The number of nitrogens with zero attached hydrogens (tertiary/aromatic N) is 4. The van der Waals surface area contributed by atoms with Gasteiger partial charge < -0.3 is 10.4 Å². The maximum absolute atomic E-state index is 9.38. The lowest BCUT2D eigenvalue weighted by Gasteiger charge is -2.30. The first-order chi connectivity index (χ1) is 8.72. The van der Waals surface area contributed by atoms with E-state index in [1.165, 1.54) is 12.8 Å². The molecule has 0 aromatic carbocycles. The van der Waals surface area contributed by atoms with Gasteiger partial charge in [0, 0.05) is 12.6 Å². The Morgan fingerprint density at radius 1 is 1.39 bits per heavy atom. The second kappa shape index (κ2) is 6.24. The van der Waals surface area contributed by atoms with E-state index in [1.807, 2.05) is 4.68 Å². The molecule has 1 saturated carbocycles. The Kier molecular flexibility index (Phi) is 4.66. The van der Waals surface area contributed by atoms with Crippen molar-refractivity contribution < 1.29 is 5.11 Å². The molecule has 1 aliphatic rings. The van der Waals surface area contributed by atoms with Gasteiger partial charge in [-0.25, -0.2) is 4.68 Å².